The molecule has 0 aliphatic heterocycles. The van der Waals surface area contributed by atoms with E-state index in [9.17, 15) is 14.9 Å². The van der Waals surface area contributed by atoms with Crippen LogP contribution in [0.5, 0.6) is 0 Å². The van der Waals surface area contributed by atoms with Crippen molar-refractivity contribution in [2.45, 2.75) is 6.92 Å². The molecule has 0 bridgehead atoms. The first-order valence-electron chi connectivity index (χ1n) is 5.63. The first kappa shape index (κ1) is 15.5. The number of anilines is 1. The summed E-state index contributed by atoms with van der Waals surface area (Å²) in [4.78, 5) is 30.4. The predicted octanol–water partition coefficient (Wildman–Crippen LogP) is 3.47. The second-order valence-electron chi connectivity index (χ2n) is 4.04. The average molecular weight is 416 g/mol. The van der Waals surface area contributed by atoms with E-state index in [1.54, 1.807) is 6.92 Å². The first-order chi connectivity index (χ1) is 9.88. The minimum Gasteiger partial charge on any atom is -0.304 e. The van der Waals surface area contributed by atoms with E-state index < -0.39 is 10.8 Å². The molecular formula is C12H8Br2N4O3. The summed E-state index contributed by atoms with van der Waals surface area (Å²) in [6, 6.07) is 4.14. The molecule has 108 valence electrons. The fourth-order valence-corrected chi connectivity index (χ4v) is 2.52. The SMILES string of the molecule is Cc1cc(C(=O)Nc2ncc(Br)nc2Br)ccc1[N+](=O)[O-]. The molecule has 0 radical (unpaired) electrons. The molecule has 0 atom stereocenters. The van der Waals surface area contributed by atoms with Crippen LogP contribution in [0.1, 0.15) is 15.9 Å². The maximum atomic E-state index is 12.1. The summed E-state index contributed by atoms with van der Waals surface area (Å²) in [5, 5.41) is 13.3. The van der Waals surface area contributed by atoms with Crippen LogP contribution in [0.4, 0.5) is 11.5 Å². The molecule has 21 heavy (non-hydrogen) atoms. The number of aryl methyl sites for hydroxylation is 1. The smallest absolute Gasteiger partial charge is 0.272 e. The molecule has 1 aromatic carbocycles. The molecule has 9 heteroatoms. The topological polar surface area (TPSA) is 98.0 Å². The lowest BCUT2D eigenvalue weighted by Crippen LogP contribution is -2.14. The molecule has 0 saturated carbocycles. The number of nitro groups is 1. The Balaban J connectivity index is 2.24. The van der Waals surface area contributed by atoms with Gasteiger partial charge in [0.2, 0.25) is 0 Å². The van der Waals surface area contributed by atoms with E-state index in [0.717, 1.165) is 0 Å². The van der Waals surface area contributed by atoms with Crippen molar-refractivity contribution in [2.75, 3.05) is 5.32 Å². The largest absolute Gasteiger partial charge is 0.304 e. The zero-order chi connectivity index (χ0) is 15.6. The van der Waals surface area contributed by atoms with Crippen molar-refractivity contribution >= 4 is 49.3 Å². The lowest BCUT2D eigenvalue weighted by atomic mass is 10.1. The Kier molecular flexibility index (Phi) is 4.63. The van der Waals surface area contributed by atoms with Crippen molar-refractivity contribution in [1.29, 1.82) is 0 Å². The van der Waals surface area contributed by atoms with E-state index in [4.69, 9.17) is 0 Å². The van der Waals surface area contributed by atoms with Gasteiger partial charge in [-0.15, -0.1) is 0 Å². The fraction of sp³-hybridized carbons (Fsp3) is 0.0833. The molecule has 2 aromatic rings. The number of aromatic nitrogens is 2. The Bertz CT molecular complexity index is 736. The third kappa shape index (κ3) is 3.61. The van der Waals surface area contributed by atoms with Gasteiger partial charge in [0.15, 0.2) is 5.82 Å². The first-order valence-corrected chi connectivity index (χ1v) is 7.21. The van der Waals surface area contributed by atoms with Crippen molar-refractivity contribution < 1.29 is 9.72 Å². The molecule has 1 aromatic heterocycles. The van der Waals surface area contributed by atoms with Crippen LogP contribution in [0.3, 0.4) is 0 Å². The average Bonchev–Trinajstić information content (AvgIpc) is 2.41. The van der Waals surface area contributed by atoms with E-state index in [2.05, 4.69) is 47.1 Å². The van der Waals surface area contributed by atoms with Crippen LogP contribution >= 0.6 is 31.9 Å². The van der Waals surface area contributed by atoms with Crippen molar-refractivity contribution in [2.24, 2.45) is 0 Å². The zero-order valence-corrected chi connectivity index (χ0v) is 13.8. The number of carbonyl (C=O) groups excluding carboxylic acids is 1. The predicted molar refractivity (Wildman–Crippen MR) is 83.2 cm³/mol. The van der Waals surface area contributed by atoms with Crippen LogP contribution in [0.15, 0.2) is 33.6 Å². The lowest BCUT2D eigenvalue weighted by Gasteiger charge is -2.07. The van der Waals surface area contributed by atoms with Gasteiger partial charge in [0.1, 0.15) is 9.21 Å². The highest BCUT2D eigenvalue weighted by Crippen LogP contribution is 2.22. The van der Waals surface area contributed by atoms with Gasteiger partial charge < -0.3 is 5.32 Å². The van der Waals surface area contributed by atoms with Gasteiger partial charge in [-0.1, -0.05) is 0 Å². The van der Waals surface area contributed by atoms with Gasteiger partial charge in [-0.05, 0) is 50.9 Å². The lowest BCUT2D eigenvalue weighted by molar-refractivity contribution is -0.385. The Morgan fingerprint density at radius 3 is 2.67 bits per heavy atom. The van der Waals surface area contributed by atoms with Crippen LogP contribution in [0.25, 0.3) is 0 Å². The van der Waals surface area contributed by atoms with Gasteiger partial charge in [-0.2, -0.15) is 0 Å². The number of amides is 1. The fourth-order valence-electron chi connectivity index (χ4n) is 1.61. The number of hydrogen-bond acceptors (Lipinski definition) is 5. The summed E-state index contributed by atoms with van der Waals surface area (Å²) in [6.07, 6.45) is 1.45. The highest BCUT2D eigenvalue weighted by Gasteiger charge is 2.15. The summed E-state index contributed by atoms with van der Waals surface area (Å²) < 4.78 is 0.905. The van der Waals surface area contributed by atoms with Crippen molar-refractivity contribution in [3.05, 3.63) is 54.8 Å². The number of benzene rings is 1. The molecule has 0 unspecified atom stereocenters. The molecule has 0 spiro atoms. The molecule has 0 aliphatic rings. The molecule has 7 nitrogen and oxygen atoms in total. The minimum atomic E-state index is -0.492. The highest BCUT2D eigenvalue weighted by atomic mass is 79.9. The van der Waals surface area contributed by atoms with Gasteiger partial charge in [-0.25, -0.2) is 9.97 Å². The molecule has 0 saturated heterocycles. The standard InChI is InChI=1S/C12H8Br2N4O3/c1-6-4-7(2-3-8(6)18(20)21)12(19)17-11-10(14)16-9(13)5-15-11/h2-5H,1H3,(H,15,17,19). The molecule has 1 amide bonds. The maximum absolute atomic E-state index is 12.1. The van der Waals surface area contributed by atoms with Crippen LogP contribution < -0.4 is 5.32 Å². The third-order valence-corrected chi connectivity index (χ3v) is 3.52. The molecular weight excluding hydrogens is 408 g/mol. The van der Waals surface area contributed by atoms with E-state index in [1.807, 2.05) is 0 Å². The van der Waals surface area contributed by atoms with Gasteiger partial charge in [0.05, 0.1) is 11.1 Å². The Morgan fingerprint density at radius 2 is 2.10 bits per heavy atom. The van der Waals surface area contributed by atoms with Crippen LogP contribution in [0, 0.1) is 17.0 Å². The monoisotopic (exact) mass is 414 g/mol. The second-order valence-corrected chi connectivity index (χ2v) is 5.61. The maximum Gasteiger partial charge on any atom is 0.272 e. The number of hydrogen-bond donors (Lipinski definition) is 1. The zero-order valence-electron chi connectivity index (χ0n) is 10.6. The summed E-state index contributed by atoms with van der Waals surface area (Å²) in [5.74, 6) is -0.162. The Hall–Kier alpha value is -1.87. The van der Waals surface area contributed by atoms with E-state index in [1.165, 1.54) is 24.4 Å². The number of rotatable bonds is 3. The van der Waals surface area contributed by atoms with Gasteiger partial charge in [-0.3, -0.25) is 14.9 Å². The van der Waals surface area contributed by atoms with Crippen LogP contribution in [-0.4, -0.2) is 20.8 Å². The van der Waals surface area contributed by atoms with E-state index in [-0.39, 0.29) is 11.5 Å². The number of nitro benzene ring substituents is 1. The van der Waals surface area contributed by atoms with Crippen molar-refractivity contribution in [1.82, 2.24) is 9.97 Å². The minimum absolute atomic E-state index is 0.0313. The van der Waals surface area contributed by atoms with E-state index in [0.29, 0.717) is 20.3 Å². The summed E-state index contributed by atoms with van der Waals surface area (Å²) in [7, 11) is 0. The summed E-state index contributed by atoms with van der Waals surface area (Å²) in [5.41, 5.74) is 0.680. The Labute approximate surface area is 136 Å². The molecule has 2 rings (SSSR count). The van der Waals surface area contributed by atoms with Crippen LogP contribution in [0.2, 0.25) is 0 Å². The Morgan fingerprint density at radius 1 is 1.38 bits per heavy atom. The second kappa shape index (κ2) is 6.27. The van der Waals surface area contributed by atoms with E-state index >= 15 is 0 Å². The number of carbonyl (C=O) groups is 1. The summed E-state index contributed by atoms with van der Waals surface area (Å²) >= 11 is 6.34. The molecule has 0 aliphatic carbocycles. The number of halogens is 2. The van der Waals surface area contributed by atoms with Gasteiger partial charge in [0.25, 0.3) is 11.6 Å². The molecule has 1 N–H and O–H groups in total. The molecule has 1 heterocycles. The normalized spacial score (nSPS) is 10.2. The van der Waals surface area contributed by atoms with Gasteiger partial charge in [0, 0.05) is 17.2 Å². The van der Waals surface area contributed by atoms with Gasteiger partial charge >= 0.3 is 0 Å². The number of nitrogens with zero attached hydrogens (tertiary/aromatic N) is 3. The number of nitrogens with one attached hydrogen (secondary N) is 1. The summed E-state index contributed by atoms with van der Waals surface area (Å²) in [6.45, 7) is 1.57. The van der Waals surface area contributed by atoms with Crippen LogP contribution in [-0.2, 0) is 0 Å². The quantitative estimate of drug-likeness (QED) is 0.611. The van der Waals surface area contributed by atoms with Crippen molar-refractivity contribution in [3.8, 4) is 0 Å². The highest BCUT2D eigenvalue weighted by molar-refractivity contribution is 9.11. The van der Waals surface area contributed by atoms with Crippen molar-refractivity contribution in [3.63, 3.8) is 0 Å². The molecule has 0 fully saturated rings. The third-order valence-electron chi connectivity index (χ3n) is 2.59.